The van der Waals surface area contributed by atoms with Gasteiger partial charge in [0.15, 0.2) is 0 Å². The third kappa shape index (κ3) is 3.04. The first-order valence-electron chi connectivity index (χ1n) is 8.67. The van der Waals surface area contributed by atoms with Gasteiger partial charge in [-0.2, -0.15) is 4.98 Å². The van der Waals surface area contributed by atoms with Crippen LogP contribution < -0.4 is 4.74 Å². The molecule has 0 atom stereocenters. The summed E-state index contributed by atoms with van der Waals surface area (Å²) in [5, 5.41) is 1.09. The summed E-state index contributed by atoms with van der Waals surface area (Å²) >= 11 is 0. The van der Waals surface area contributed by atoms with Crippen LogP contribution in [0, 0.1) is 13.8 Å². The fourth-order valence-corrected chi connectivity index (χ4v) is 3.02. The van der Waals surface area contributed by atoms with Crippen molar-refractivity contribution in [3.05, 3.63) is 59.9 Å². The van der Waals surface area contributed by atoms with Gasteiger partial charge in [-0.3, -0.25) is 9.97 Å². The van der Waals surface area contributed by atoms with E-state index in [4.69, 9.17) is 4.74 Å². The number of nitrogens with one attached hydrogen (secondary N) is 1. The molecule has 1 N–H and O–H groups in total. The van der Waals surface area contributed by atoms with Gasteiger partial charge < -0.3 is 9.72 Å². The van der Waals surface area contributed by atoms with Gasteiger partial charge in [-0.25, -0.2) is 0 Å². The number of rotatable bonds is 4. The number of nitrogens with zero attached hydrogens (tertiary/aromatic N) is 3. The fourth-order valence-electron chi connectivity index (χ4n) is 3.02. The van der Waals surface area contributed by atoms with E-state index in [2.05, 4.69) is 32.1 Å². The molecule has 5 nitrogen and oxygen atoms in total. The lowest BCUT2D eigenvalue weighted by atomic mass is 10.0. The molecule has 0 radical (unpaired) electrons. The maximum absolute atomic E-state index is 5.60. The van der Waals surface area contributed by atoms with E-state index < -0.39 is 0 Å². The van der Waals surface area contributed by atoms with E-state index in [1.54, 1.807) is 0 Å². The van der Waals surface area contributed by atoms with Gasteiger partial charge in [0, 0.05) is 22.8 Å². The summed E-state index contributed by atoms with van der Waals surface area (Å²) in [6.07, 6.45) is 1.88. The van der Waals surface area contributed by atoms with Gasteiger partial charge >= 0.3 is 0 Å². The number of ether oxygens (including phenoxy) is 1. The second-order valence-electron chi connectivity index (χ2n) is 6.28. The van der Waals surface area contributed by atoms with E-state index in [0.717, 1.165) is 44.8 Å². The van der Waals surface area contributed by atoms with Crippen molar-refractivity contribution >= 4 is 10.9 Å². The standard InChI is InChI=1S/C21H20N4O/c1-4-26-21-24-19(20(25-21)18-7-5-6-14(3)23-18)15-8-9-17-16(11-15)10-13(2)12-22-17/h5-12H,4H2,1-3H3,(H,24,25). The maximum Gasteiger partial charge on any atom is 0.294 e. The van der Waals surface area contributed by atoms with Gasteiger partial charge in [0.05, 0.1) is 23.5 Å². The van der Waals surface area contributed by atoms with Gasteiger partial charge in [0.25, 0.3) is 6.01 Å². The molecule has 0 saturated carbocycles. The van der Waals surface area contributed by atoms with Gasteiger partial charge in [0.2, 0.25) is 0 Å². The molecule has 26 heavy (non-hydrogen) atoms. The SMILES string of the molecule is CCOc1nc(-c2ccc3ncc(C)cc3c2)c(-c2cccc(C)n2)[nH]1. The molecule has 4 rings (SSSR count). The molecular weight excluding hydrogens is 324 g/mol. The maximum atomic E-state index is 5.60. The average Bonchev–Trinajstić information content (AvgIpc) is 3.05. The van der Waals surface area contributed by atoms with Crippen molar-refractivity contribution in [2.45, 2.75) is 20.8 Å². The first kappa shape index (κ1) is 16.3. The number of imidazole rings is 1. The Bertz CT molecular complexity index is 1080. The van der Waals surface area contributed by atoms with Gasteiger partial charge in [-0.1, -0.05) is 12.1 Å². The molecule has 0 saturated heterocycles. The number of aromatic amines is 1. The molecule has 0 amide bonds. The third-order valence-electron chi connectivity index (χ3n) is 4.20. The molecule has 5 heteroatoms. The minimum atomic E-state index is 0.503. The smallest absolute Gasteiger partial charge is 0.294 e. The Labute approximate surface area is 152 Å². The molecule has 1 aromatic carbocycles. The minimum absolute atomic E-state index is 0.503. The highest BCUT2D eigenvalue weighted by Crippen LogP contribution is 2.32. The Morgan fingerprint density at radius 3 is 2.73 bits per heavy atom. The summed E-state index contributed by atoms with van der Waals surface area (Å²) in [6, 6.07) is 14.8. The minimum Gasteiger partial charge on any atom is -0.465 e. The molecule has 0 unspecified atom stereocenters. The zero-order valence-corrected chi connectivity index (χ0v) is 15.1. The molecule has 0 aliphatic rings. The number of benzene rings is 1. The predicted molar refractivity (Wildman–Crippen MR) is 103 cm³/mol. The van der Waals surface area contributed by atoms with Crippen LogP contribution in [-0.4, -0.2) is 26.5 Å². The summed E-state index contributed by atoms with van der Waals surface area (Å²) in [4.78, 5) is 17.1. The van der Waals surface area contributed by atoms with Crippen molar-refractivity contribution in [3.63, 3.8) is 0 Å². The second kappa shape index (κ2) is 6.59. The molecule has 0 aliphatic heterocycles. The number of H-pyrrole nitrogens is 1. The van der Waals surface area contributed by atoms with Crippen LogP contribution in [0.25, 0.3) is 33.5 Å². The van der Waals surface area contributed by atoms with Gasteiger partial charge in [0.1, 0.15) is 5.69 Å². The molecule has 0 aliphatic carbocycles. The highest BCUT2D eigenvalue weighted by atomic mass is 16.5. The first-order chi connectivity index (χ1) is 12.6. The first-order valence-corrected chi connectivity index (χ1v) is 8.67. The normalized spacial score (nSPS) is 11.0. The van der Waals surface area contributed by atoms with Crippen LogP contribution in [0.5, 0.6) is 6.01 Å². The number of fused-ring (bicyclic) bond motifs is 1. The lowest BCUT2D eigenvalue weighted by molar-refractivity contribution is 0.316. The van der Waals surface area contributed by atoms with Crippen molar-refractivity contribution in [1.82, 2.24) is 19.9 Å². The van der Waals surface area contributed by atoms with Gasteiger partial charge in [-0.15, -0.1) is 0 Å². The highest BCUT2D eigenvalue weighted by Gasteiger charge is 2.16. The van der Waals surface area contributed by atoms with Crippen LogP contribution in [0.2, 0.25) is 0 Å². The lowest BCUT2D eigenvalue weighted by Gasteiger charge is -2.05. The molecule has 0 bridgehead atoms. The summed E-state index contributed by atoms with van der Waals surface area (Å²) in [5.74, 6) is 0. The Morgan fingerprint density at radius 2 is 1.92 bits per heavy atom. The topological polar surface area (TPSA) is 63.7 Å². The molecule has 3 heterocycles. The fraction of sp³-hybridized carbons (Fsp3) is 0.190. The van der Waals surface area contributed by atoms with Crippen molar-refractivity contribution in [1.29, 1.82) is 0 Å². The van der Waals surface area contributed by atoms with Crippen molar-refractivity contribution in [2.24, 2.45) is 0 Å². The van der Waals surface area contributed by atoms with Crippen LogP contribution in [0.15, 0.2) is 48.7 Å². The number of hydrogen-bond acceptors (Lipinski definition) is 4. The Kier molecular flexibility index (Phi) is 4.13. The van der Waals surface area contributed by atoms with Crippen LogP contribution in [0.3, 0.4) is 0 Å². The predicted octanol–water partition coefficient (Wildman–Crippen LogP) is 4.70. The number of hydrogen-bond donors (Lipinski definition) is 1. The number of pyridine rings is 2. The molecule has 0 fully saturated rings. The largest absolute Gasteiger partial charge is 0.465 e. The Hall–Kier alpha value is -3.21. The summed E-state index contributed by atoms with van der Waals surface area (Å²) in [6.45, 7) is 6.52. The monoisotopic (exact) mass is 344 g/mol. The molecular formula is C21H20N4O. The lowest BCUT2D eigenvalue weighted by Crippen LogP contribution is -1.92. The van der Waals surface area contributed by atoms with E-state index in [9.17, 15) is 0 Å². The average molecular weight is 344 g/mol. The van der Waals surface area contributed by atoms with Crippen LogP contribution >= 0.6 is 0 Å². The summed E-state index contributed by atoms with van der Waals surface area (Å²) in [5.41, 5.74) is 6.60. The van der Waals surface area contributed by atoms with E-state index in [0.29, 0.717) is 12.6 Å². The van der Waals surface area contributed by atoms with Crippen LogP contribution in [-0.2, 0) is 0 Å². The molecule has 130 valence electrons. The van der Waals surface area contributed by atoms with Crippen molar-refractivity contribution < 1.29 is 4.74 Å². The molecule has 3 aromatic heterocycles. The zero-order chi connectivity index (χ0) is 18.1. The number of aromatic nitrogens is 4. The summed E-state index contributed by atoms with van der Waals surface area (Å²) < 4.78 is 5.60. The van der Waals surface area contributed by atoms with E-state index in [1.807, 2.05) is 57.3 Å². The van der Waals surface area contributed by atoms with E-state index in [-0.39, 0.29) is 0 Å². The third-order valence-corrected chi connectivity index (χ3v) is 4.20. The molecule has 4 aromatic rings. The Morgan fingerprint density at radius 1 is 1.04 bits per heavy atom. The van der Waals surface area contributed by atoms with Crippen LogP contribution in [0.4, 0.5) is 0 Å². The molecule has 0 spiro atoms. The van der Waals surface area contributed by atoms with Crippen molar-refractivity contribution in [3.8, 4) is 28.7 Å². The van der Waals surface area contributed by atoms with Crippen LogP contribution in [0.1, 0.15) is 18.2 Å². The van der Waals surface area contributed by atoms with E-state index >= 15 is 0 Å². The second-order valence-corrected chi connectivity index (χ2v) is 6.28. The highest BCUT2D eigenvalue weighted by molar-refractivity contribution is 5.87. The van der Waals surface area contributed by atoms with Crippen molar-refractivity contribution in [2.75, 3.05) is 6.61 Å². The van der Waals surface area contributed by atoms with E-state index in [1.165, 1.54) is 0 Å². The quantitative estimate of drug-likeness (QED) is 0.583. The zero-order valence-electron chi connectivity index (χ0n) is 15.1. The Balaban J connectivity index is 1.89. The number of aryl methyl sites for hydroxylation is 2. The summed E-state index contributed by atoms with van der Waals surface area (Å²) in [7, 11) is 0. The van der Waals surface area contributed by atoms with Gasteiger partial charge in [-0.05, 0) is 56.7 Å².